The van der Waals surface area contributed by atoms with Crippen LogP contribution in [-0.4, -0.2) is 48.6 Å². The van der Waals surface area contributed by atoms with Crippen molar-refractivity contribution in [2.24, 2.45) is 0 Å². The SMILES string of the molecule is O=C(NCc1ccccc1Cl)N1CCN(CCc2ccc(Cl)cc2)CC1. The Hall–Kier alpha value is -1.75. The van der Waals surface area contributed by atoms with Gasteiger partial charge in [-0.1, -0.05) is 53.5 Å². The molecule has 138 valence electrons. The van der Waals surface area contributed by atoms with Gasteiger partial charge in [0, 0.05) is 49.3 Å². The molecule has 0 radical (unpaired) electrons. The molecule has 0 aliphatic carbocycles. The molecule has 1 aliphatic heterocycles. The Kier molecular flexibility index (Phi) is 6.78. The maximum Gasteiger partial charge on any atom is 0.317 e. The molecular formula is C20H23Cl2N3O. The molecule has 0 bridgehead atoms. The highest BCUT2D eigenvalue weighted by molar-refractivity contribution is 6.31. The molecule has 0 unspecified atom stereocenters. The van der Waals surface area contributed by atoms with E-state index in [-0.39, 0.29) is 6.03 Å². The highest BCUT2D eigenvalue weighted by Crippen LogP contribution is 2.15. The Morgan fingerprint density at radius 1 is 0.962 bits per heavy atom. The summed E-state index contributed by atoms with van der Waals surface area (Å²) in [5.74, 6) is 0. The van der Waals surface area contributed by atoms with E-state index < -0.39 is 0 Å². The van der Waals surface area contributed by atoms with Gasteiger partial charge in [0.1, 0.15) is 0 Å². The number of hydrogen-bond donors (Lipinski definition) is 1. The standard InChI is InChI=1S/C20H23Cl2N3O/c21-18-7-5-16(6-8-18)9-10-24-11-13-25(14-12-24)20(26)23-15-17-3-1-2-4-19(17)22/h1-8H,9-15H2,(H,23,26). The van der Waals surface area contributed by atoms with Crippen molar-refractivity contribution in [1.82, 2.24) is 15.1 Å². The van der Waals surface area contributed by atoms with Gasteiger partial charge in [-0.25, -0.2) is 4.79 Å². The van der Waals surface area contributed by atoms with Crippen LogP contribution in [-0.2, 0) is 13.0 Å². The van der Waals surface area contributed by atoms with E-state index in [1.807, 2.05) is 41.3 Å². The lowest BCUT2D eigenvalue weighted by atomic mass is 10.1. The van der Waals surface area contributed by atoms with Crippen LogP contribution in [0.2, 0.25) is 10.0 Å². The number of nitrogens with zero attached hydrogens (tertiary/aromatic N) is 2. The molecule has 1 saturated heterocycles. The number of benzene rings is 2. The summed E-state index contributed by atoms with van der Waals surface area (Å²) in [5.41, 5.74) is 2.22. The van der Waals surface area contributed by atoms with E-state index in [9.17, 15) is 4.79 Å². The molecule has 0 spiro atoms. The fourth-order valence-electron chi connectivity index (χ4n) is 3.04. The van der Waals surface area contributed by atoms with Crippen molar-refractivity contribution in [2.75, 3.05) is 32.7 Å². The van der Waals surface area contributed by atoms with Gasteiger partial charge in [-0.2, -0.15) is 0 Å². The molecule has 2 aromatic carbocycles. The summed E-state index contributed by atoms with van der Waals surface area (Å²) in [6, 6.07) is 15.5. The fourth-order valence-corrected chi connectivity index (χ4v) is 3.37. The van der Waals surface area contributed by atoms with Crippen LogP contribution in [0.15, 0.2) is 48.5 Å². The molecule has 26 heavy (non-hydrogen) atoms. The maximum absolute atomic E-state index is 12.3. The predicted molar refractivity (Wildman–Crippen MR) is 107 cm³/mol. The van der Waals surface area contributed by atoms with Gasteiger partial charge < -0.3 is 10.2 Å². The van der Waals surface area contributed by atoms with Crippen LogP contribution in [0.25, 0.3) is 0 Å². The number of hydrogen-bond acceptors (Lipinski definition) is 2. The second-order valence-electron chi connectivity index (χ2n) is 6.46. The molecule has 0 saturated carbocycles. The zero-order valence-corrected chi connectivity index (χ0v) is 16.1. The molecule has 0 aromatic heterocycles. The first-order valence-corrected chi connectivity index (χ1v) is 9.60. The topological polar surface area (TPSA) is 35.6 Å². The van der Waals surface area contributed by atoms with E-state index in [4.69, 9.17) is 23.2 Å². The van der Waals surface area contributed by atoms with Gasteiger partial charge in [-0.3, -0.25) is 4.90 Å². The number of carbonyl (C=O) groups excluding carboxylic acids is 1. The number of halogens is 2. The summed E-state index contributed by atoms with van der Waals surface area (Å²) in [6.07, 6.45) is 0.996. The van der Waals surface area contributed by atoms with Crippen LogP contribution in [0.3, 0.4) is 0 Å². The number of amides is 2. The fraction of sp³-hybridized carbons (Fsp3) is 0.350. The minimum atomic E-state index is -0.0257. The van der Waals surface area contributed by atoms with Crippen LogP contribution in [0, 0.1) is 0 Å². The van der Waals surface area contributed by atoms with Gasteiger partial charge in [-0.15, -0.1) is 0 Å². The number of rotatable bonds is 5. The first-order valence-electron chi connectivity index (χ1n) is 8.85. The van der Waals surface area contributed by atoms with E-state index in [1.165, 1.54) is 5.56 Å². The first-order chi connectivity index (χ1) is 12.6. The second kappa shape index (κ2) is 9.26. The van der Waals surface area contributed by atoms with Crippen molar-refractivity contribution in [1.29, 1.82) is 0 Å². The largest absolute Gasteiger partial charge is 0.334 e. The summed E-state index contributed by atoms with van der Waals surface area (Å²) >= 11 is 12.0. The van der Waals surface area contributed by atoms with Crippen LogP contribution in [0.4, 0.5) is 4.79 Å². The van der Waals surface area contributed by atoms with Gasteiger partial charge >= 0.3 is 6.03 Å². The minimum Gasteiger partial charge on any atom is -0.334 e. The molecule has 1 heterocycles. The quantitative estimate of drug-likeness (QED) is 0.833. The van der Waals surface area contributed by atoms with E-state index in [0.29, 0.717) is 11.6 Å². The lowest BCUT2D eigenvalue weighted by Crippen LogP contribution is -2.51. The monoisotopic (exact) mass is 391 g/mol. The molecule has 3 rings (SSSR count). The number of carbonyl (C=O) groups is 1. The molecule has 2 amide bonds. The van der Waals surface area contributed by atoms with E-state index in [1.54, 1.807) is 0 Å². The normalized spacial score (nSPS) is 15.1. The number of urea groups is 1. The van der Waals surface area contributed by atoms with E-state index in [2.05, 4.69) is 22.3 Å². The molecule has 1 fully saturated rings. The van der Waals surface area contributed by atoms with Crippen molar-refractivity contribution in [3.8, 4) is 0 Å². The summed E-state index contributed by atoms with van der Waals surface area (Å²) < 4.78 is 0. The van der Waals surface area contributed by atoms with Gasteiger partial charge in [0.05, 0.1) is 0 Å². The van der Waals surface area contributed by atoms with Gasteiger partial charge in [0.2, 0.25) is 0 Å². The average Bonchev–Trinajstić information content (AvgIpc) is 2.67. The lowest BCUT2D eigenvalue weighted by Gasteiger charge is -2.34. The summed E-state index contributed by atoms with van der Waals surface area (Å²) in [7, 11) is 0. The Balaban J connectivity index is 1.39. The van der Waals surface area contributed by atoms with Gasteiger partial charge in [-0.05, 0) is 35.7 Å². The van der Waals surface area contributed by atoms with Crippen molar-refractivity contribution < 1.29 is 4.79 Å². The minimum absolute atomic E-state index is 0.0257. The summed E-state index contributed by atoms with van der Waals surface area (Å²) in [4.78, 5) is 16.6. The third-order valence-corrected chi connectivity index (χ3v) is 5.30. The van der Waals surface area contributed by atoms with Crippen molar-refractivity contribution in [3.05, 3.63) is 69.7 Å². The lowest BCUT2D eigenvalue weighted by molar-refractivity contribution is 0.140. The highest BCUT2D eigenvalue weighted by Gasteiger charge is 2.20. The zero-order chi connectivity index (χ0) is 18.4. The Labute approximate surface area is 164 Å². The van der Waals surface area contributed by atoms with Gasteiger partial charge in [0.15, 0.2) is 0 Å². The summed E-state index contributed by atoms with van der Waals surface area (Å²) in [5, 5.41) is 4.41. The third-order valence-electron chi connectivity index (χ3n) is 4.68. The van der Waals surface area contributed by atoms with Crippen molar-refractivity contribution >= 4 is 29.2 Å². The smallest absolute Gasteiger partial charge is 0.317 e. The first kappa shape index (κ1) is 19.0. The van der Waals surface area contributed by atoms with Crippen LogP contribution >= 0.6 is 23.2 Å². The number of nitrogens with one attached hydrogen (secondary N) is 1. The maximum atomic E-state index is 12.3. The Morgan fingerprint density at radius 3 is 2.35 bits per heavy atom. The van der Waals surface area contributed by atoms with Crippen molar-refractivity contribution in [3.63, 3.8) is 0 Å². The highest BCUT2D eigenvalue weighted by atomic mass is 35.5. The molecule has 6 heteroatoms. The average molecular weight is 392 g/mol. The van der Waals surface area contributed by atoms with Crippen LogP contribution in [0.1, 0.15) is 11.1 Å². The predicted octanol–water partition coefficient (Wildman–Crippen LogP) is 4.06. The molecule has 0 atom stereocenters. The van der Waals surface area contributed by atoms with E-state index in [0.717, 1.165) is 49.7 Å². The molecular weight excluding hydrogens is 369 g/mol. The van der Waals surface area contributed by atoms with E-state index >= 15 is 0 Å². The third kappa shape index (κ3) is 5.37. The van der Waals surface area contributed by atoms with Crippen LogP contribution in [0.5, 0.6) is 0 Å². The molecule has 2 aromatic rings. The van der Waals surface area contributed by atoms with Gasteiger partial charge in [0.25, 0.3) is 0 Å². The Morgan fingerprint density at radius 2 is 1.65 bits per heavy atom. The molecule has 4 nitrogen and oxygen atoms in total. The molecule has 1 aliphatic rings. The number of piperazine rings is 1. The van der Waals surface area contributed by atoms with Crippen molar-refractivity contribution in [2.45, 2.75) is 13.0 Å². The molecule has 1 N–H and O–H groups in total. The summed E-state index contributed by atoms with van der Waals surface area (Å²) in [6.45, 7) is 4.73. The second-order valence-corrected chi connectivity index (χ2v) is 7.30. The Bertz CT molecular complexity index is 728. The van der Waals surface area contributed by atoms with Crippen LogP contribution < -0.4 is 5.32 Å². The zero-order valence-electron chi connectivity index (χ0n) is 14.6.